The maximum absolute atomic E-state index is 5.29. The van der Waals surface area contributed by atoms with Crippen molar-refractivity contribution >= 4 is 12.6 Å². The minimum absolute atomic E-state index is 0.834. The van der Waals surface area contributed by atoms with Crippen molar-refractivity contribution in [2.24, 2.45) is 0 Å². The molecule has 0 aliphatic carbocycles. The lowest BCUT2D eigenvalue weighted by atomic mass is 10.5. The minimum Gasteiger partial charge on any atom is -0.380 e. The monoisotopic (exact) mass is 163 g/mol. The van der Waals surface area contributed by atoms with Crippen molar-refractivity contribution in [3.05, 3.63) is 0 Å². The fourth-order valence-electron chi connectivity index (χ4n) is 0.516. The van der Waals surface area contributed by atoms with Crippen LogP contribution in [0.2, 0.25) is 0 Å². The van der Waals surface area contributed by atoms with Gasteiger partial charge in [-0.2, -0.15) is 12.6 Å². The highest BCUT2D eigenvalue weighted by molar-refractivity contribution is 7.80. The zero-order valence-electron chi connectivity index (χ0n) is 6.84. The van der Waals surface area contributed by atoms with Gasteiger partial charge in [0.2, 0.25) is 0 Å². The van der Waals surface area contributed by atoms with Crippen LogP contribution in [0.15, 0.2) is 0 Å². The second kappa shape index (κ2) is 7.38. The predicted molar refractivity (Wildman–Crippen MR) is 47.8 cm³/mol. The van der Waals surface area contributed by atoms with Gasteiger partial charge >= 0.3 is 0 Å². The Morgan fingerprint density at radius 2 is 2.00 bits per heavy atom. The first-order valence-electron chi connectivity index (χ1n) is 3.60. The SMILES string of the molecule is CN(C)CCOCCCS. The summed E-state index contributed by atoms with van der Waals surface area (Å²) in [6.45, 7) is 2.69. The van der Waals surface area contributed by atoms with Crippen LogP contribution in [0.25, 0.3) is 0 Å². The first-order valence-corrected chi connectivity index (χ1v) is 4.24. The third-order valence-electron chi connectivity index (χ3n) is 1.13. The Bertz CT molecular complexity index is 68.6. The smallest absolute Gasteiger partial charge is 0.0593 e. The van der Waals surface area contributed by atoms with E-state index in [1.165, 1.54) is 0 Å². The molecular weight excluding hydrogens is 146 g/mol. The molecule has 0 atom stereocenters. The van der Waals surface area contributed by atoms with Crippen LogP contribution in [0.3, 0.4) is 0 Å². The highest BCUT2D eigenvalue weighted by Crippen LogP contribution is 1.85. The maximum atomic E-state index is 5.29. The molecule has 0 heterocycles. The topological polar surface area (TPSA) is 12.5 Å². The van der Waals surface area contributed by atoms with E-state index in [1.807, 2.05) is 14.1 Å². The van der Waals surface area contributed by atoms with Crippen LogP contribution in [0.4, 0.5) is 0 Å². The Morgan fingerprint density at radius 1 is 1.30 bits per heavy atom. The molecule has 0 aliphatic heterocycles. The van der Waals surface area contributed by atoms with Crippen molar-refractivity contribution in [1.29, 1.82) is 0 Å². The molecule has 0 rings (SSSR count). The summed E-state index contributed by atoms with van der Waals surface area (Å²) in [5.74, 6) is 0.919. The van der Waals surface area contributed by atoms with Gasteiger partial charge in [-0.3, -0.25) is 0 Å². The molecular formula is C7H17NOS. The number of hydrogen-bond acceptors (Lipinski definition) is 3. The average molecular weight is 163 g/mol. The molecule has 0 spiro atoms. The quantitative estimate of drug-likeness (QED) is 0.461. The van der Waals surface area contributed by atoms with Gasteiger partial charge in [-0.05, 0) is 26.3 Å². The second-order valence-corrected chi connectivity index (χ2v) is 2.94. The normalized spacial score (nSPS) is 10.8. The number of thiol groups is 1. The van der Waals surface area contributed by atoms with Crippen LogP contribution in [0, 0.1) is 0 Å². The number of rotatable bonds is 6. The highest BCUT2D eigenvalue weighted by Gasteiger charge is 1.89. The molecule has 0 amide bonds. The van der Waals surface area contributed by atoms with E-state index in [2.05, 4.69) is 17.5 Å². The molecule has 0 fully saturated rings. The molecule has 0 unspecified atom stereocenters. The molecule has 0 aromatic rings. The molecule has 10 heavy (non-hydrogen) atoms. The van der Waals surface area contributed by atoms with Gasteiger partial charge in [0.25, 0.3) is 0 Å². The van der Waals surface area contributed by atoms with E-state index in [1.54, 1.807) is 0 Å². The number of hydrogen-bond donors (Lipinski definition) is 1. The summed E-state index contributed by atoms with van der Waals surface area (Å²) in [5.41, 5.74) is 0. The van der Waals surface area contributed by atoms with Gasteiger partial charge in [-0.1, -0.05) is 0 Å². The van der Waals surface area contributed by atoms with Gasteiger partial charge in [-0.15, -0.1) is 0 Å². The van der Waals surface area contributed by atoms with E-state index in [4.69, 9.17) is 4.74 Å². The van der Waals surface area contributed by atoms with Crippen molar-refractivity contribution in [3.63, 3.8) is 0 Å². The van der Waals surface area contributed by atoms with Crippen LogP contribution in [0.5, 0.6) is 0 Å². The summed E-state index contributed by atoms with van der Waals surface area (Å²) < 4.78 is 5.29. The average Bonchev–Trinajstić information content (AvgIpc) is 1.87. The molecule has 3 heteroatoms. The van der Waals surface area contributed by atoms with Crippen LogP contribution >= 0.6 is 12.6 Å². The molecule has 0 N–H and O–H groups in total. The van der Waals surface area contributed by atoms with Crippen molar-refractivity contribution in [2.75, 3.05) is 39.6 Å². The molecule has 62 valence electrons. The van der Waals surface area contributed by atoms with Gasteiger partial charge in [0, 0.05) is 13.2 Å². The first kappa shape index (κ1) is 10.3. The molecule has 2 nitrogen and oxygen atoms in total. The molecule has 0 bridgehead atoms. The summed E-state index contributed by atoms with van der Waals surface area (Å²) in [6, 6.07) is 0. The lowest BCUT2D eigenvalue weighted by Gasteiger charge is -2.08. The highest BCUT2D eigenvalue weighted by atomic mass is 32.1. The zero-order valence-corrected chi connectivity index (χ0v) is 7.73. The van der Waals surface area contributed by atoms with Crippen LogP contribution in [-0.2, 0) is 4.74 Å². The lowest BCUT2D eigenvalue weighted by molar-refractivity contribution is 0.119. The minimum atomic E-state index is 0.834. The zero-order chi connectivity index (χ0) is 7.82. The van der Waals surface area contributed by atoms with E-state index in [-0.39, 0.29) is 0 Å². The third kappa shape index (κ3) is 8.27. The van der Waals surface area contributed by atoms with E-state index >= 15 is 0 Å². The Kier molecular flexibility index (Phi) is 7.58. The van der Waals surface area contributed by atoms with E-state index in [0.29, 0.717) is 0 Å². The summed E-state index contributed by atoms with van der Waals surface area (Å²) in [6.07, 6.45) is 1.05. The maximum Gasteiger partial charge on any atom is 0.0593 e. The molecule has 0 radical (unpaired) electrons. The Labute approximate surface area is 69.0 Å². The van der Waals surface area contributed by atoms with Crippen molar-refractivity contribution in [3.8, 4) is 0 Å². The standard InChI is InChI=1S/C7H17NOS/c1-8(2)4-6-9-5-3-7-10/h10H,3-7H2,1-2H3. The number of ether oxygens (including phenoxy) is 1. The lowest BCUT2D eigenvalue weighted by Crippen LogP contribution is -2.18. The predicted octanol–water partition coefficient (Wildman–Crippen LogP) is 0.884. The van der Waals surface area contributed by atoms with E-state index in [0.717, 1.165) is 31.9 Å². The van der Waals surface area contributed by atoms with E-state index < -0.39 is 0 Å². The number of nitrogens with zero attached hydrogens (tertiary/aromatic N) is 1. The fraction of sp³-hybridized carbons (Fsp3) is 1.00. The molecule has 0 saturated carbocycles. The van der Waals surface area contributed by atoms with E-state index in [9.17, 15) is 0 Å². The molecule has 0 aromatic heterocycles. The third-order valence-corrected chi connectivity index (χ3v) is 1.45. The summed E-state index contributed by atoms with van der Waals surface area (Å²) >= 11 is 4.07. The number of likely N-dealkylation sites (N-methyl/N-ethyl adjacent to an activating group) is 1. The summed E-state index contributed by atoms with van der Waals surface area (Å²) in [5, 5.41) is 0. The molecule has 0 aliphatic rings. The van der Waals surface area contributed by atoms with Crippen LogP contribution in [0.1, 0.15) is 6.42 Å². The van der Waals surface area contributed by atoms with Gasteiger partial charge < -0.3 is 9.64 Å². The molecule has 0 aromatic carbocycles. The van der Waals surface area contributed by atoms with Gasteiger partial charge in [-0.25, -0.2) is 0 Å². The largest absolute Gasteiger partial charge is 0.380 e. The summed E-state index contributed by atoms with van der Waals surface area (Å²) in [7, 11) is 4.09. The Morgan fingerprint density at radius 3 is 2.50 bits per heavy atom. The van der Waals surface area contributed by atoms with Gasteiger partial charge in [0.15, 0.2) is 0 Å². The Hall–Kier alpha value is 0.270. The Balaban J connectivity index is 2.77. The van der Waals surface area contributed by atoms with Crippen molar-refractivity contribution in [2.45, 2.75) is 6.42 Å². The van der Waals surface area contributed by atoms with Crippen LogP contribution < -0.4 is 0 Å². The summed E-state index contributed by atoms with van der Waals surface area (Å²) in [4.78, 5) is 2.11. The van der Waals surface area contributed by atoms with Crippen LogP contribution in [-0.4, -0.2) is 44.5 Å². The van der Waals surface area contributed by atoms with Gasteiger partial charge in [0.05, 0.1) is 6.61 Å². The van der Waals surface area contributed by atoms with Crippen molar-refractivity contribution in [1.82, 2.24) is 4.90 Å². The molecule has 0 saturated heterocycles. The van der Waals surface area contributed by atoms with Gasteiger partial charge in [0.1, 0.15) is 0 Å². The van der Waals surface area contributed by atoms with Crippen molar-refractivity contribution < 1.29 is 4.74 Å². The first-order chi connectivity index (χ1) is 4.77. The second-order valence-electron chi connectivity index (χ2n) is 2.49. The fourth-order valence-corrected chi connectivity index (χ4v) is 0.645.